The minimum Gasteiger partial charge on any atom is -0.508 e. The number of phenols is 1. The van der Waals surface area contributed by atoms with Crippen molar-refractivity contribution in [1.82, 2.24) is 10.6 Å². The summed E-state index contributed by atoms with van der Waals surface area (Å²) in [6.45, 7) is 5.27. The van der Waals surface area contributed by atoms with Crippen molar-refractivity contribution in [3.63, 3.8) is 0 Å². The molecule has 1 aliphatic rings. The lowest BCUT2D eigenvalue weighted by atomic mass is 9.88. The Labute approximate surface area is 162 Å². The second-order valence-electron chi connectivity index (χ2n) is 6.65. The highest BCUT2D eigenvalue weighted by molar-refractivity contribution is 14.0. The van der Waals surface area contributed by atoms with Gasteiger partial charge in [-0.15, -0.1) is 24.0 Å². The van der Waals surface area contributed by atoms with Gasteiger partial charge in [0.15, 0.2) is 5.96 Å². The Morgan fingerprint density at radius 1 is 1.25 bits per heavy atom. The van der Waals surface area contributed by atoms with E-state index in [4.69, 9.17) is 4.74 Å². The van der Waals surface area contributed by atoms with E-state index in [1.54, 1.807) is 14.2 Å². The minimum absolute atomic E-state index is 0. The van der Waals surface area contributed by atoms with Gasteiger partial charge in [-0.25, -0.2) is 0 Å². The number of hydrogen-bond acceptors (Lipinski definition) is 3. The van der Waals surface area contributed by atoms with Gasteiger partial charge in [0, 0.05) is 32.8 Å². The molecule has 0 aromatic heterocycles. The van der Waals surface area contributed by atoms with Crippen molar-refractivity contribution in [2.45, 2.75) is 51.7 Å². The molecule has 24 heavy (non-hydrogen) atoms. The van der Waals surface area contributed by atoms with Crippen LogP contribution >= 0.6 is 24.0 Å². The molecule has 0 fully saturated rings. The molecule has 0 saturated heterocycles. The van der Waals surface area contributed by atoms with E-state index in [-0.39, 0.29) is 29.6 Å². The molecule has 0 heterocycles. The molecule has 0 atom stereocenters. The first-order valence-corrected chi connectivity index (χ1v) is 8.29. The standard InChI is InChI=1S/C18H29N3O2.HI/c1-18(2,23-4)12-21-17(19-3)20-11-15-14-8-6-5-7-13(14)9-10-16(15)22;/h9-10,22H,5-8,11-12H2,1-4H3,(H2,19,20,21);1H. The Balaban J connectivity index is 0.00000288. The van der Waals surface area contributed by atoms with Gasteiger partial charge < -0.3 is 20.5 Å². The predicted molar refractivity (Wildman–Crippen MR) is 109 cm³/mol. The molecular weight excluding hydrogens is 417 g/mol. The van der Waals surface area contributed by atoms with Crippen LogP contribution in [0.3, 0.4) is 0 Å². The molecule has 0 amide bonds. The number of aliphatic imine (C=N–C) groups is 1. The third-order valence-electron chi connectivity index (χ3n) is 4.52. The maximum atomic E-state index is 10.2. The molecule has 2 rings (SSSR count). The number of phenolic OH excluding ortho intramolecular Hbond substituents is 1. The number of nitrogens with zero attached hydrogens (tertiary/aromatic N) is 1. The fourth-order valence-electron chi connectivity index (χ4n) is 2.85. The van der Waals surface area contributed by atoms with E-state index in [2.05, 4.69) is 21.7 Å². The number of aromatic hydroxyl groups is 1. The summed E-state index contributed by atoms with van der Waals surface area (Å²) >= 11 is 0. The van der Waals surface area contributed by atoms with Crippen molar-refractivity contribution < 1.29 is 9.84 Å². The van der Waals surface area contributed by atoms with E-state index in [1.165, 1.54) is 24.0 Å². The maximum absolute atomic E-state index is 10.2. The highest BCUT2D eigenvalue weighted by atomic mass is 127. The van der Waals surface area contributed by atoms with Gasteiger partial charge in [-0.2, -0.15) is 0 Å². The van der Waals surface area contributed by atoms with Crippen molar-refractivity contribution >= 4 is 29.9 Å². The van der Waals surface area contributed by atoms with Crippen LogP contribution in [0.1, 0.15) is 43.4 Å². The van der Waals surface area contributed by atoms with Crippen molar-refractivity contribution in [2.24, 2.45) is 4.99 Å². The quantitative estimate of drug-likeness (QED) is 0.369. The average molecular weight is 447 g/mol. The van der Waals surface area contributed by atoms with Gasteiger partial charge in [-0.3, -0.25) is 4.99 Å². The summed E-state index contributed by atoms with van der Waals surface area (Å²) in [4.78, 5) is 4.24. The van der Waals surface area contributed by atoms with E-state index in [1.807, 2.05) is 19.9 Å². The Morgan fingerprint density at radius 3 is 2.62 bits per heavy atom. The molecule has 0 aliphatic heterocycles. The molecule has 1 aromatic rings. The molecular formula is C18H30IN3O2. The van der Waals surface area contributed by atoms with Crippen molar-refractivity contribution in [1.29, 1.82) is 0 Å². The van der Waals surface area contributed by atoms with Crippen LogP contribution in [0, 0.1) is 0 Å². The molecule has 0 bridgehead atoms. The summed E-state index contributed by atoms with van der Waals surface area (Å²) in [7, 11) is 3.45. The van der Waals surface area contributed by atoms with Gasteiger partial charge in [0.05, 0.1) is 5.60 Å². The fraction of sp³-hybridized carbons (Fsp3) is 0.611. The Morgan fingerprint density at radius 2 is 1.96 bits per heavy atom. The summed E-state index contributed by atoms with van der Waals surface area (Å²) in [6.07, 6.45) is 4.58. The van der Waals surface area contributed by atoms with Gasteiger partial charge in [-0.1, -0.05) is 6.07 Å². The van der Waals surface area contributed by atoms with Crippen LogP contribution in [0.2, 0.25) is 0 Å². The summed E-state index contributed by atoms with van der Waals surface area (Å²) in [5.74, 6) is 1.08. The molecule has 3 N–H and O–H groups in total. The van der Waals surface area contributed by atoms with Gasteiger partial charge in [0.1, 0.15) is 5.75 Å². The Kier molecular flexibility index (Phi) is 8.29. The van der Waals surface area contributed by atoms with Gasteiger partial charge in [0.2, 0.25) is 0 Å². The van der Waals surface area contributed by atoms with Crippen LogP contribution in [0.4, 0.5) is 0 Å². The predicted octanol–water partition coefficient (Wildman–Crippen LogP) is 2.98. The number of methoxy groups -OCH3 is 1. The minimum atomic E-state index is -0.258. The van der Waals surface area contributed by atoms with Crippen LogP contribution < -0.4 is 10.6 Å². The zero-order valence-corrected chi connectivity index (χ0v) is 17.4. The number of rotatable bonds is 5. The Bertz CT molecular complexity index is 574. The van der Waals surface area contributed by atoms with Crippen LogP contribution in [0.5, 0.6) is 5.75 Å². The average Bonchev–Trinajstić information content (AvgIpc) is 2.56. The van der Waals surface area contributed by atoms with E-state index >= 15 is 0 Å². The lowest BCUT2D eigenvalue weighted by molar-refractivity contribution is 0.0268. The third kappa shape index (κ3) is 5.51. The molecule has 5 nitrogen and oxygen atoms in total. The number of guanidine groups is 1. The van der Waals surface area contributed by atoms with E-state index < -0.39 is 0 Å². The first kappa shape index (κ1) is 21.0. The van der Waals surface area contributed by atoms with Crippen LogP contribution in [0.25, 0.3) is 0 Å². The molecule has 0 unspecified atom stereocenters. The van der Waals surface area contributed by atoms with E-state index in [9.17, 15) is 5.11 Å². The second kappa shape index (κ2) is 9.46. The molecule has 1 aromatic carbocycles. The summed E-state index contributed by atoms with van der Waals surface area (Å²) in [6, 6.07) is 3.87. The molecule has 136 valence electrons. The number of nitrogens with one attached hydrogen (secondary N) is 2. The van der Waals surface area contributed by atoms with Crippen LogP contribution in [0.15, 0.2) is 17.1 Å². The SMILES string of the molecule is CN=C(NCc1c(O)ccc2c1CCCC2)NCC(C)(C)OC.I. The summed E-state index contributed by atoms with van der Waals surface area (Å²) in [5.41, 5.74) is 3.41. The smallest absolute Gasteiger partial charge is 0.191 e. The van der Waals surface area contributed by atoms with Crippen LogP contribution in [-0.2, 0) is 24.1 Å². The maximum Gasteiger partial charge on any atom is 0.191 e. The van der Waals surface area contributed by atoms with E-state index in [0.717, 1.165) is 18.4 Å². The first-order chi connectivity index (χ1) is 11.0. The van der Waals surface area contributed by atoms with Gasteiger partial charge >= 0.3 is 0 Å². The Hall–Kier alpha value is -1.02. The highest BCUT2D eigenvalue weighted by Crippen LogP contribution is 2.30. The molecule has 6 heteroatoms. The number of benzene rings is 1. The van der Waals surface area contributed by atoms with Gasteiger partial charge in [0.25, 0.3) is 0 Å². The number of ether oxygens (including phenoxy) is 1. The molecule has 0 saturated carbocycles. The molecule has 1 aliphatic carbocycles. The number of halogens is 1. The van der Waals surface area contributed by atoms with E-state index in [0.29, 0.717) is 24.8 Å². The zero-order valence-electron chi connectivity index (χ0n) is 15.1. The number of aryl methyl sites for hydroxylation is 1. The monoisotopic (exact) mass is 447 g/mol. The highest BCUT2D eigenvalue weighted by Gasteiger charge is 2.18. The zero-order chi connectivity index (χ0) is 16.9. The first-order valence-electron chi connectivity index (χ1n) is 8.29. The van der Waals surface area contributed by atoms with Gasteiger partial charge in [-0.05, 0) is 56.7 Å². The fourth-order valence-corrected chi connectivity index (χ4v) is 2.85. The second-order valence-corrected chi connectivity index (χ2v) is 6.65. The summed E-state index contributed by atoms with van der Waals surface area (Å²) in [5, 5.41) is 16.8. The lowest BCUT2D eigenvalue weighted by Gasteiger charge is -2.25. The van der Waals surface area contributed by atoms with Crippen LogP contribution in [-0.4, -0.2) is 37.4 Å². The van der Waals surface area contributed by atoms with Crippen molar-refractivity contribution in [2.75, 3.05) is 20.7 Å². The summed E-state index contributed by atoms with van der Waals surface area (Å²) < 4.78 is 5.40. The molecule has 0 spiro atoms. The van der Waals surface area contributed by atoms with Crippen molar-refractivity contribution in [3.05, 3.63) is 28.8 Å². The lowest BCUT2D eigenvalue weighted by Crippen LogP contribution is -2.45. The molecule has 0 radical (unpaired) electrons. The largest absolute Gasteiger partial charge is 0.508 e. The topological polar surface area (TPSA) is 65.9 Å². The third-order valence-corrected chi connectivity index (χ3v) is 4.52. The van der Waals surface area contributed by atoms with Crippen molar-refractivity contribution in [3.8, 4) is 5.75 Å². The normalized spacial score (nSPS) is 14.6. The number of hydrogen-bond donors (Lipinski definition) is 3. The number of fused-ring (bicyclic) bond motifs is 1.